The molecule has 1 aliphatic carbocycles. The van der Waals surface area contributed by atoms with Crippen molar-refractivity contribution in [2.24, 2.45) is 5.92 Å². The lowest BCUT2D eigenvalue weighted by molar-refractivity contribution is -0.132. The summed E-state index contributed by atoms with van der Waals surface area (Å²) < 4.78 is 15.4. The summed E-state index contributed by atoms with van der Waals surface area (Å²) in [5.41, 5.74) is 1.94. The van der Waals surface area contributed by atoms with Gasteiger partial charge in [0, 0.05) is 36.9 Å². The van der Waals surface area contributed by atoms with Crippen molar-refractivity contribution in [1.82, 2.24) is 5.32 Å². The summed E-state index contributed by atoms with van der Waals surface area (Å²) in [7, 11) is 0. The van der Waals surface area contributed by atoms with Crippen LogP contribution in [-0.2, 0) is 4.79 Å². The molecule has 0 amide bonds. The Morgan fingerprint density at radius 1 is 1.31 bits per heavy atom. The molecular weight excluding hydrogens is 371 g/mol. The zero-order valence-electron chi connectivity index (χ0n) is 16.1. The molecule has 2 saturated heterocycles. The Labute approximate surface area is 168 Å². The third-order valence-electron chi connectivity index (χ3n) is 6.60. The largest absolute Gasteiger partial charge is 0.478 e. The van der Waals surface area contributed by atoms with Crippen LogP contribution in [0.2, 0.25) is 0 Å². The molecule has 1 aromatic carbocycles. The van der Waals surface area contributed by atoms with Gasteiger partial charge < -0.3 is 20.2 Å². The van der Waals surface area contributed by atoms with E-state index in [1.54, 1.807) is 6.20 Å². The van der Waals surface area contributed by atoms with E-state index >= 15 is 4.39 Å². The van der Waals surface area contributed by atoms with Gasteiger partial charge in [-0.1, -0.05) is 6.58 Å². The number of halogens is 1. The second-order valence-electron chi connectivity index (χ2n) is 8.42. The Bertz CT molecular complexity index is 978. The zero-order chi connectivity index (χ0) is 20.3. The predicted octanol–water partition coefficient (Wildman–Crippen LogP) is 2.85. The first-order valence-corrected chi connectivity index (χ1v) is 10.2. The Balaban J connectivity index is 1.64. The molecule has 2 N–H and O–H groups in total. The maximum absolute atomic E-state index is 15.4. The average Bonchev–Trinajstić information content (AvgIpc) is 3.45. The van der Waals surface area contributed by atoms with Gasteiger partial charge in [0.15, 0.2) is 0 Å². The van der Waals surface area contributed by atoms with Crippen LogP contribution < -0.4 is 15.1 Å². The number of nitriles is 1. The molecule has 6 nitrogen and oxygen atoms in total. The first kappa shape index (κ1) is 18.2. The first-order chi connectivity index (χ1) is 14.0. The van der Waals surface area contributed by atoms with E-state index in [1.807, 2.05) is 9.80 Å². The third-order valence-corrected chi connectivity index (χ3v) is 6.60. The van der Waals surface area contributed by atoms with E-state index < -0.39 is 11.8 Å². The van der Waals surface area contributed by atoms with Crippen molar-refractivity contribution in [2.45, 2.75) is 37.8 Å². The Hall–Kier alpha value is -2.85. The van der Waals surface area contributed by atoms with Gasteiger partial charge in [-0.05, 0) is 49.8 Å². The molecule has 0 unspecified atom stereocenters. The van der Waals surface area contributed by atoms with E-state index in [-0.39, 0.29) is 22.8 Å². The minimum Gasteiger partial charge on any atom is -0.478 e. The smallest absolute Gasteiger partial charge is 0.337 e. The molecule has 5 rings (SSSR count). The van der Waals surface area contributed by atoms with Crippen LogP contribution in [0, 0.1) is 23.1 Å². The molecule has 0 aromatic heterocycles. The minimum atomic E-state index is -1.09. The SMILES string of the molecule is C=C1C(C(=O)O)=CN(C2CC2)c2c1cc(F)c(N1C[C@@H]3CCCN[C@@H]3C1)c2C#N. The number of carboxylic acids is 1. The number of carbonyl (C=O) groups is 1. The van der Waals surface area contributed by atoms with Gasteiger partial charge in [0.05, 0.1) is 16.9 Å². The highest BCUT2D eigenvalue weighted by Crippen LogP contribution is 2.48. The summed E-state index contributed by atoms with van der Waals surface area (Å²) in [6.07, 6.45) is 5.64. The average molecular weight is 394 g/mol. The molecule has 0 radical (unpaired) electrons. The van der Waals surface area contributed by atoms with Gasteiger partial charge in [-0.2, -0.15) is 5.26 Å². The van der Waals surface area contributed by atoms with Crippen LogP contribution in [0.4, 0.5) is 15.8 Å². The number of hydrogen-bond acceptors (Lipinski definition) is 5. The van der Waals surface area contributed by atoms with Gasteiger partial charge in [-0.25, -0.2) is 9.18 Å². The fourth-order valence-electron chi connectivity index (χ4n) is 5.02. The number of rotatable bonds is 3. The number of nitrogens with one attached hydrogen (secondary N) is 1. The second kappa shape index (κ2) is 6.60. The highest BCUT2D eigenvalue weighted by molar-refractivity contribution is 6.09. The Kier molecular flexibility index (Phi) is 4.14. The third kappa shape index (κ3) is 2.82. The van der Waals surface area contributed by atoms with Gasteiger partial charge in [0.1, 0.15) is 17.4 Å². The number of anilines is 2. The van der Waals surface area contributed by atoms with Crippen LogP contribution in [-0.4, -0.2) is 42.8 Å². The molecule has 29 heavy (non-hydrogen) atoms. The van der Waals surface area contributed by atoms with Crippen LogP contribution in [0.25, 0.3) is 5.57 Å². The van der Waals surface area contributed by atoms with Gasteiger partial charge in [0.2, 0.25) is 0 Å². The van der Waals surface area contributed by atoms with Gasteiger partial charge >= 0.3 is 5.97 Å². The van der Waals surface area contributed by atoms with Crippen LogP contribution in [0.5, 0.6) is 0 Å². The molecule has 3 fully saturated rings. The highest BCUT2D eigenvalue weighted by atomic mass is 19.1. The second-order valence-corrected chi connectivity index (χ2v) is 8.42. The van der Waals surface area contributed by atoms with Crippen molar-refractivity contribution in [2.75, 3.05) is 29.4 Å². The number of hydrogen-bond donors (Lipinski definition) is 2. The summed E-state index contributed by atoms with van der Waals surface area (Å²) in [6, 6.07) is 4.07. The molecule has 1 aromatic rings. The number of nitrogens with zero attached hydrogens (tertiary/aromatic N) is 3. The molecule has 3 heterocycles. The fraction of sp³-hybridized carbons (Fsp3) is 0.455. The predicted molar refractivity (Wildman–Crippen MR) is 108 cm³/mol. The quantitative estimate of drug-likeness (QED) is 0.821. The van der Waals surface area contributed by atoms with Crippen molar-refractivity contribution in [3.05, 3.63) is 41.4 Å². The molecule has 0 spiro atoms. The lowest BCUT2D eigenvalue weighted by Gasteiger charge is -2.33. The minimum absolute atomic E-state index is 0.0526. The zero-order valence-corrected chi connectivity index (χ0v) is 16.1. The monoisotopic (exact) mass is 394 g/mol. The topological polar surface area (TPSA) is 79.6 Å². The normalized spacial score (nSPS) is 25.9. The van der Waals surface area contributed by atoms with Crippen molar-refractivity contribution < 1.29 is 14.3 Å². The molecule has 150 valence electrons. The van der Waals surface area contributed by atoms with E-state index in [9.17, 15) is 15.2 Å². The van der Waals surface area contributed by atoms with Crippen LogP contribution in [0.1, 0.15) is 36.8 Å². The molecule has 3 aliphatic heterocycles. The summed E-state index contributed by atoms with van der Waals surface area (Å²) in [5, 5.41) is 23.1. The molecule has 0 bridgehead atoms. The lowest BCUT2D eigenvalue weighted by atomic mass is 9.90. The first-order valence-electron chi connectivity index (χ1n) is 10.2. The number of piperidine rings is 1. The molecule has 1 saturated carbocycles. The van der Waals surface area contributed by atoms with Crippen molar-refractivity contribution in [1.29, 1.82) is 5.26 Å². The fourth-order valence-corrected chi connectivity index (χ4v) is 5.02. The molecule has 2 atom stereocenters. The van der Waals surface area contributed by atoms with E-state index in [1.165, 1.54) is 6.07 Å². The van der Waals surface area contributed by atoms with Crippen LogP contribution in [0.15, 0.2) is 24.4 Å². The van der Waals surface area contributed by atoms with Crippen LogP contribution >= 0.6 is 0 Å². The van der Waals surface area contributed by atoms with E-state index in [2.05, 4.69) is 18.0 Å². The number of benzene rings is 1. The maximum atomic E-state index is 15.4. The standard InChI is InChI=1S/C22H23FN4O2/c1-12-15-7-18(23)21(26-9-13-3-2-6-25-19(13)11-26)16(8-24)20(15)27(14-4-5-14)10-17(12)22(28)29/h7,10,13-14,19,25H,1-6,9,11H2,(H,28,29)/t13-,19+/m0/s1. The van der Waals surface area contributed by atoms with Gasteiger partial charge in [0.25, 0.3) is 0 Å². The van der Waals surface area contributed by atoms with Gasteiger partial charge in [-0.15, -0.1) is 0 Å². The summed E-state index contributed by atoms with van der Waals surface area (Å²) in [6.45, 7) is 6.28. The van der Waals surface area contributed by atoms with Crippen molar-refractivity contribution >= 4 is 22.9 Å². The van der Waals surface area contributed by atoms with Crippen LogP contribution in [0.3, 0.4) is 0 Å². The Morgan fingerprint density at radius 3 is 2.76 bits per heavy atom. The van der Waals surface area contributed by atoms with E-state index in [4.69, 9.17) is 0 Å². The number of fused-ring (bicyclic) bond motifs is 2. The molecule has 7 heteroatoms. The highest BCUT2D eigenvalue weighted by Gasteiger charge is 2.41. The summed E-state index contributed by atoms with van der Waals surface area (Å²) in [4.78, 5) is 15.5. The molecular formula is C22H23FN4O2. The maximum Gasteiger partial charge on any atom is 0.337 e. The van der Waals surface area contributed by atoms with Gasteiger partial charge in [-0.3, -0.25) is 0 Å². The lowest BCUT2D eigenvalue weighted by Crippen LogP contribution is -2.40. The van der Waals surface area contributed by atoms with E-state index in [0.29, 0.717) is 35.4 Å². The summed E-state index contributed by atoms with van der Waals surface area (Å²) in [5.74, 6) is -1.12. The summed E-state index contributed by atoms with van der Waals surface area (Å²) >= 11 is 0. The van der Waals surface area contributed by atoms with E-state index in [0.717, 1.165) is 38.8 Å². The molecule has 4 aliphatic rings. The number of carboxylic acid groups (broad SMARTS) is 1. The van der Waals surface area contributed by atoms with Crippen molar-refractivity contribution in [3.8, 4) is 6.07 Å². The Morgan fingerprint density at radius 2 is 2.10 bits per heavy atom. The number of aliphatic carboxylic acids is 1. The van der Waals surface area contributed by atoms with Crippen molar-refractivity contribution in [3.63, 3.8) is 0 Å².